The van der Waals surface area contributed by atoms with Gasteiger partial charge in [-0.25, -0.2) is 4.79 Å². The molecule has 0 spiro atoms. The quantitative estimate of drug-likeness (QED) is 0.701. The summed E-state index contributed by atoms with van der Waals surface area (Å²) in [5, 5.41) is 5.86. The zero-order chi connectivity index (χ0) is 14.2. The predicted octanol–water partition coefficient (Wildman–Crippen LogP) is 0.575. The lowest BCUT2D eigenvalue weighted by Gasteiger charge is -2.26. The largest absolute Gasteiger partial charge is 0.379 e. The molecule has 2 aliphatic rings. The molecule has 2 saturated heterocycles. The number of rotatable bonds is 6. The summed E-state index contributed by atoms with van der Waals surface area (Å²) in [6.07, 6.45) is 3.28. The van der Waals surface area contributed by atoms with Crippen LogP contribution in [0, 0.1) is 0 Å². The summed E-state index contributed by atoms with van der Waals surface area (Å²) in [5.41, 5.74) is 0. The first-order valence-corrected chi connectivity index (χ1v) is 7.72. The van der Waals surface area contributed by atoms with E-state index >= 15 is 0 Å². The maximum atomic E-state index is 11.7. The normalized spacial score (nSPS) is 25.4. The van der Waals surface area contributed by atoms with Crippen LogP contribution in [0.2, 0.25) is 0 Å². The van der Waals surface area contributed by atoms with Crippen molar-refractivity contribution in [2.75, 3.05) is 46.0 Å². The zero-order valence-corrected chi connectivity index (χ0v) is 12.4. The lowest BCUT2D eigenvalue weighted by Crippen LogP contribution is -2.46. The number of nitrogens with zero attached hydrogens (tertiary/aromatic N) is 1. The summed E-state index contributed by atoms with van der Waals surface area (Å²) in [7, 11) is 0. The molecule has 2 amide bonds. The highest BCUT2D eigenvalue weighted by Gasteiger charge is 2.23. The number of amides is 2. The molecule has 2 rings (SSSR count). The van der Waals surface area contributed by atoms with Gasteiger partial charge in [0.1, 0.15) is 0 Å². The number of hydrogen-bond acceptors (Lipinski definition) is 4. The van der Waals surface area contributed by atoms with E-state index in [9.17, 15) is 4.79 Å². The fraction of sp³-hybridized carbons (Fsp3) is 0.929. The van der Waals surface area contributed by atoms with Crippen molar-refractivity contribution < 1.29 is 14.3 Å². The Morgan fingerprint density at radius 2 is 2.15 bits per heavy atom. The maximum absolute atomic E-state index is 11.7. The molecule has 2 atom stereocenters. The van der Waals surface area contributed by atoms with E-state index in [-0.39, 0.29) is 18.2 Å². The predicted molar refractivity (Wildman–Crippen MR) is 76.8 cm³/mol. The van der Waals surface area contributed by atoms with Crippen molar-refractivity contribution in [2.45, 2.75) is 38.3 Å². The second-order valence-corrected chi connectivity index (χ2v) is 5.55. The Morgan fingerprint density at radius 1 is 1.35 bits per heavy atom. The Labute approximate surface area is 121 Å². The molecular weight excluding hydrogens is 258 g/mol. The van der Waals surface area contributed by atoms with Crippen molar-refractivity contribution in [2.24, 2.45) is 0 Å². The molecule has 0 radical (unpaired) electrons. The third-order valence-corrected chi connectivity index (χ3v) is 3.92. The van der Waals surface area contributed by atoms with Crippen LogP contribution in [0.1, 0.15) is 26.2 Å². The van der Waals surface area contributed by atoms with E-state index in [2.05, 4.69) is 15.5 Å². The average molecular weight is 285 g/mol. The van der Waals surface area contributed by atoms with Crippen LogP contribution in [0.5, 0.6) is 0 Å². The number of hydrogen-bond donors (Lipinski definition) is 2. The summed E-state index contributed by atoms with van der Waals surface area (Å²) in [6, 6.07) is -0.00767. The zero-order valence-electron chi connectivity index (χ0n) is 12.4. The Kier molecular flexibility index (Phi) is 6.56. The minimum absolute atomic E-state index is 0.0803. The molecule has 0 bridgehead atoms. The van der Waals surface area contributed by atoms with E-state index in [1.54, 1.807) is 0 Å². The van der Waals surface area contributed by atoms with E-state index in [4.69, 9.17) is 9.47 Å². The van der Waals surface area contributed by atoms with E-state index in [0.29, 0.717) is 6.54 Å². The minimum Gasteiger partial charge on any atom is -0.379 e. The van der Waals surface area contributed by atoms with Gasteiger partial charge in [-0.1, -0.05) is 0 Å². The van der Waals surface area contributed by atoms with Gasteiger partial charge in [0, 0.05) is 26.2 Å². The standard InChI is InChI=1S/C14H27N3O3/c1-12(13-4-2-9-20-13)16-14(18)15-5-3-6-17-7-10-19-11-8-17/h12-13H,2-11H2,1H3,(H2,15,16,18). The molecule has 2 aliphatic heterocycles. The van der Waals surface area contributed by atoms with Gasteiger partial charge in [0.15, 0.2) is 0 Å². The minimum atomic E-state index is -0.0880. The lowest BCUT2D eigenvalue weighted by atomic mass is 10.1. The number of urea groups is 1. The summed E-state index contributed by atoms with van der Waals surface area (Å²) < 4.78 is 10.9. The molecule has 2 heterocycles. The van der Waals surface area contributed by atoms with Gasteiger partial charge >= 0.3 is 6.03 Å². The molecular formula is C14H27N3O3. The van der Waals surface area contributed by atoms with Gasteiger partial charge in [0.25, 0.3) is 0 Å². The Balaban J connectivity index is 1.51. The molecule has 0 saturated carbocycles. The number of ether oxygens (including phenoxy) is 2. The molecule has 2 unspecified atom stereocenters. The number of carbonyl (C=O) groups is 1. The van der Waals surface area contributed by atoms with Crippen LogP contribution < -0.4 is 10.6 Å². The Hall–Kier alpha value is -0.850. The average Bonchev–Trinajstić information content (AvgIpc) is 2.99. The van der Waals surface area contributed by atoms with Gasteiger partial charge in [-0.2, -0.15) is 0 Å². The van der Waals surface area contributed by atoms with Gasteiger partial charge in [-0.3, -0.25) is 4.90 Å². The number of carbonyl (C=O) groups excluding carboxylic acids is 1. The SMILES string of the molecule is CC(NC(=O)NCCCN1CCOCC1)C1CCCO1. The first-order valence-electron chi connectivity index (χ1n) is 7.72. The second kappa shape index (κ2) is 8.44. The number of morpholine rings is 1. The maximum Gasteiger partial charge on any atom is 0.315 e. The second-order valence-electron chi connectivity index (χ2n) is 5.55. The van der Waals surface area contributed by atoms with E-state index < -0.39 is 0 Å². The highest BCUT2D eigenvalue weighted by Crippen LogP contribution is 2.15. The van der Waals surface area contributed by atoms with Gasteiger partial charge < -0.3 is 20.1 Å². The van der Waals surface area contributed by atoms with Crippen LogP contribution in [-0.4, -0.2) is 69.1 Å². The van der Waals surface area contributed by atoms with E-state index in [1.165, 1.54) is 0 Å². The molecule has 2 N–H and O–H groups in total. The molecule has 2 fully saturated rings. The highest BCUT2D eigenvalue weighted by molar-refractivity contribution is 5.74. The van der Waals surface area contributed by atoms with Gasteiger partial charge in [-0.05, 0) is 32.7 Å². The van der Waals surface area contributed by atoms with Crippen molar-refractivity contribution in [1.29, 1.82) is 0 Å². The first kappa shape index (κ1) is 15.5. The molecule has 0 aliphatic carbocycles. The summed E-state index contributed by atoms with van der Waals surface area (Å²) in [6.45, 7) is 8.21. The van der Waals surface area contributed by atoms with Gasteiger partial charge in [-0.15, -0.1) is 0 Å². The van der Waals surface area contributed by atoms with E-state index in [0.717, 1.165) is 58.7 Å². The van der Waals surface area contributed by atoms with Crippen LogP contribution in [-0.2, 0) is 9.47 Å². The van der Waals surface area contributed by atoms with Gasteiger partial charge in [0.2, 0.25) is 0 Å². The van der Waals surface area contributed by atoms with Crippen molar-refractivity contribution in [3.63, 3.8) is 0 Å². The Morgan fingerprint density at radius 3 is 2.85 bits per heavy atom. The lowest BCUT2D eigenvalue weighted by molar-refractivity contribution is 0.0375. The van der Waals surface area contributed by atoms with Crippen molar-refractivity contribution in [3.8, 4) is 0 Å². The molecule has 6 nitrogen and oxygen atoms in total. The summed E-state index contributed by atoms with van der Waals surface area (Å²) >= 11 is 0. The van der Waals surface area contributed by atoms with Crippen LogP contribution >= 0.6 is 0 Å². The third kappa shape index (κ3) is 5.26. The van der Waals surface area contributed by atoms with Crippen molar-refractivity contribution in [3.05, 3.63) is 0 Å². The van der Waals surface area contributed by atoms with Crippen LogP contribution in [0.4, 0.5) is 4.79 Å². The first-order chi connectivity index (χ1) is 9.75. The van der Waals surface area contributed by atoms with E-state index in [1.807, 2.05) is 6.92 Å². The summed E-state index contributed by atoms with van der Waals surface area (Å²) in [5.74, 6) is 0. The summed E-state index contributed by atoms with van der Waals surface area (Å²) in [4.78, 5) is 14.1. The number of nitrogens with one attached hydrogen (secondary N) is 2. The smallest absolute Gasteiger partial charge is 0.315 e. The van der Waals surface area contributed by atoms with Crippen LogP contribution in [0.3, 0.4) is 0 Å². The topological polar surface area (TPSA) is 62.8 Å². The molecule has 0 aromatic heterocycles. The van der Waals surface area contributed by atoms with Gasteiger partial charge in [0.05, 0.1) is 25.4 Å². The van der Waals surface area contributed by atoms with Crippen LogP contribution in [0.15, 0.2) is 0 Å². The Bertz CT molecular complexity index is 289. The highest BCUT2D eigenvalue weighted by atomic mass is 16.5. The fourth-order valence-corrected chi connectivity index (χ4v) is 2.68. The third-order valence-electron chi connectivity index (χ3n) is 3.92. The molecule has 0 aromatic rings. The molecule has 6 heteroatoms. The molecule has 20 heavy (non-hydrogen) atoms. The molecule has 116 valence electrons. The van der Waals surface area contributed by atoms with Crippen LogP contribution in [0.25, 0.3) is 0 Å². The van der Waals surface area contributed by atoms with Crippen molar-refractivity contribution >= 4 is 6.03 Å². The van der Waals surface area contributed by atoms with Crippen molar-refractivity contribution in [1.82, 2.24) is 15.5 Å². The fourth-order valence-electron chi connectivity index (χ4n) is 2.68. The molecule has 0 aromatic carbocycles. The monoisotopic (exact) mass is 285 g/mol.